The second-order valence-electron chi connectivity index (χ2n) is 5.43. The molecule has 0 aliphatic rings. The van der Waals surface area contributed by atoms with Gasteiger partial charge in [-0.15, -0.1) is 0 Å². The Morgan fingerprint density at radius 1 is 1.35 bits per heavy atom. The minimum atomic E-state index is -0.602. The minimum absolute atomic E-state index is 0.140. The van der Waals surface area contributed by atoms with E-state index in [9.17, 15) is 14.4 Å². The number of ether oxygens (including phenoxy) is 1. The number of hydrazone groups is 1. The zero-order chi connectivity index (χ0) is 18.7. The van der Waals surface area contributed by atoms with Crippen molar-refractivity contribution in [1.29, 1.82) is 0 Å². The van der Waals surface area contributed by atoms with Gasteiger partial charge >= 0.3 is 5.69 Å². The molecule has 134 valence electrons. The smallest absolute Gasteiger partial charge is 0.329 e. The Labute approximate surface area is 146 Å². The lowest BCUT2D eigenvalue weighted by molar-refractivity contribution is -0.121. The van der Waals surface area contributed by atoms with Crippen LogP contribution in [0.1, 0.15) is 5.56 Å². The maximum atomic E-state index is 12.0. The fraction of sp³-hybridized carbons (Fsp3) is 0.188. The number of benzene rings is 1. The summed E-state index contributed by atoms with van der Waals surface area (Å²) in [6.07, 6.45) is 2.81. The van der Waals surface area contributed by atoms with Crippen molar-refractivity contribution in [1.82, 2.24) is 24.5 Å². The zero-order valence-corrected chi connectivity index (χ0v) is 14.1. The van der Waals surface area contributed by atoms with E-state index >= 15 is 0 Å². The molecule has 0 saturated carbocycles. The third kappa shape index (κ3) is 3.38. The lowest BCUT2D eigenvalue weighted by Crippen LogP contribution is -2.30. The monoisotopic (exact) mass is 356 g/mol. The lowest BCUT2D eigenvalue weighted by atomic mass is 10.2. The van der Waals surface area contributed by atoms with E-state index in [1.807, 2.05) is 0 Å². The van der Waals surface area contributed by atoms with Crippen LogP contribution in [0, 0.1) is 0 Å². The molecule has 0 atom stereocenters. The summed E-state index contributed by atoms with van der Waals surface area (Å²) < 4.78 is 7.61. The van der Waals surface area contributed by atoms with E-state index in [4.69, 9.17) is 4.74 Å². The van der Waals surface area contributed by atoms with Gasteiger partial charge in [-0.2, -0.15) is 5.10 Å². The average Bonchev–Trinajstić information content (AvgIpc) is 3.04. The number of nitrogens with one attached hydrogen (secondary N) is 2. The molecule has 0 bridgehead atoms. The summed E-state index contributed by atoms with van der Waals surface area (Å²) in [5.41, 5.74) is 2.33. The van der Waals surface area contributed by atoms with Crippen molar-refractivity contribution in [3.05, 3.63) is 57.0 Å². The van der Waals surface area contributed by atoms with E-state index in [-0.39, 0.29) is 17.7 Å². The maximum Gasteiger partial charge on any atom is 0.329 e. The normalized spacial score (nSPS) is 11.2. The molecule has 10 heteroatoms. The molecular formula is C16H16N6O4. The second kappa shape index (κ2) is 7.05. The van der Waals surface area contributed by atoms with Crippen LogP contribution < -0.4 is 21.4 Å². The summed E-state index contributed by atoms with van der Waals surface area (Å²) in [6.45, 7) is -0.169. The standard InChI is InChI=1S/C16H16N6O4/c1-21-14-13(15(24)19-16(21)25)22(9-17-14)8-12(23)20-18-7-10-3-5-11(26-2)6-4-10/h3-7,9H,8H2,1-2H3,(H,20,23)(H,19,24,25). The van der Waals surface area contributed by atoms with Crippen LogP contribution in [0.25, 0.3) is 11.2 Å². The number of imidazole rings is 1. The molecule has 0 aliphatic carbocycles. The van der Waals surface area contributed by atoms with Crippen LogP contribution in [-0.4, -0.2) is 38.3 Å². The lowest BCUT2D eigenvalue weighted by Gasteiger charge is -2.03. The molecule has 2 N–H and O–H groups in total. The number of H-pyrrole nitrogens is 1. The molecule has 26 heavy (non-hydrogen) atoms. The molecule has 10 nitrogen and oxygen atoms in total. The van der Waals surface area contributed by atoms with Crippen LogP contribution in [0.15, 0.2) is 45.3 Å². The quantitative estimate of drug-likeness (QED) is 0.475. The number of aryl methyl sites for hydroxylation is 1. The predicted octanol–water partition coefficient (Wildman–Crippen LogP) is -0.418. The van der Waals surface area contributed by atoms with Crippen LogP contribution in [-0.2, 0) is 18.4 Å². The number of aromatic nitrogens is 4. The largest absolute Gasteiger partial charge is 0.497 e. The number of methoxy groups -OCH3 is 1. The molecule has 3 aromatic rings. The summed E-state index contributed by atoms with van der Waals surface area (Å²) in [4.78, 5) is 41.7. The van der Waals surface area contributed by atoms with Crippen molar-refractivity contribution < 1.29 is 9.53 Å². The topological polar surface area (TPSA) is 123 Å². The molecule has 0 spiro atoms. The van der Waals surface area contributed by atoms with Gasteiger partial charge in [0.15, 0.2) is 11.2 Å². The third-order valence-electron chi connectivity index (χ3n) is 3.71. The highest BCUT2D eigenvalue weighted by Gasteiger charge is 2.13. The number of amides is 1. The van der Waals surface area contributed by atoms with Gasteiger partial charge in [-0.3, -0.25) is 19.1 Å². The molecular weight excluding hydrogens is 340 g/mol. The fourth-order valence-corrected chi connectivity index (χ4v) is 2.36. The molecule has 1 amide bonds. The van der Waals surface area contributed by atoms with E-state index in [1.165, 1.54) is 28.7 Å². The van der Waals surface area contributed by atoms with Gasteiger partial charge in [-0.05, 0) is 29.8 Å². The van der Waals surface area contributed by atoms with Gasteiger partial charge in [0.05, 0.1) is 19.7 Å². The summed E-state index contributed by atoms with van der Waals surface area (Å²) in [5.74, 6) is 0.278. The van der Waals surface area contributed by atoms with Crippen LogP contribution >= 0.6 is 0 Å². The average molecular weight is 356 g/mol. The van der Waals surface area contributed by atoms with Gasteiger partial charge in [0, 0.05) is 7.05 Å². The highest BCUT2D eigenvalue weighted by molar-refractivity contribution is 5.83. The van der Waals surface area contributed by atoms with Crippen LogP contribution in [0.5, 0.6) is 5.75 Å². The Balaban J connectivity index is 1.71. The molecule has 0 saturated heterocycles. The first-order valence-electron chi connectivity index (χ1n) is 7.59. The Hall–Kier alpha value is -3.69. The number of hydrogen-bond acceptors (Lipinski definition) is 6. The van der Waals surface area contributed by atoms with E-state index in [0.29, 0.717) is 0 Å². The summed E-state index contributed by atoms with van der Waals surface area (Å²) in [5, 5.41) is 3.87. The maximum absolute atomic E-state index is 12.0. The molecule has 0 fully saturated rings. The predicted molar refractivity (Wildman–Crippen MR) is 94.3 cm³/mol. The summed E-state index contributed by atoms with van der Waals surface area (Å²) in [6, 6.07) is 7.13. The van der Waals surface area contributed by atoms with Crippen molar-refractivity contribution in [2.24, 2.45) is 12.1 Å². The Bertz CT molecular complexity index is 1090. The van der Waals surface area contributed by atoms with Gasteiger partial charge in [0.1, 0.15) is 12.3 Å². The van der Waals surface area contributed by atoms with E-state index < -0.39 is 17.2 Å². The number of aromatic amines is 1. The SMILES string of the molecule is COc1ccc(C=NNC(=O)Cn2cnc3c2c(=O)[nH]c(=O)n3C)cc1. The number of rotatable bonds is 5. The summed E-state index contributed by atoms with van der Waals surface area (Å²) in [7, 11) is 3.06. The Kier molecular flexibility index (Phi) is 4.65. The van der Waals surface area contributed by atoms with Crippen molar-refractivity contribution >= 4 is 23.3 Å². The van der Waals surface area contributed by atoms with Gasteiger partial charge in [0.25, 0.3) is 11.5 Å². The van der Waals surface area contributed by atoms with E-state index in [0.717, 1.165) is 11.3 Å². The van der Waals surface area contributed by atoms with Gasteiger partial charge in [-0.1, -0.05) is 0 Å². The van der Waals surface area contributed by atoms with Gasteiger partial charge in [0.2, 0.25) is 0 Å². The number of hydrogen-bond donors (Lipinski definition) is 2. The highest BCUT2D eigenvalue weighted by atomic mass is 16.5. The van der Waals surface area contributed by atoms with Gasteiger partial charge < -0.3 is 9.30 Å². The fourth-order valence-electron chi connectivity index (χ4n) is 2.36. The molecule has 2 heterocycles. The Morgan fingerprint density at radius 3 is 2.77 bits per heavy atom. The third-order valence-corrected chi connectivity index (χ3v) is 3.71. The molecule has 2 aromatic heterocycles. The number of carbonyl (C=O) groups excluding carboxylic acids is 1. The first-order valence-corrected chi connectivity index (χ1v) is 7.59. The summed E-state index contributed by atoms with van der Waals surface area (Å²) >= 11 is 0. The first kappa shape index (κ1) is 17.1. The molecule has 0 unspecified atom stereocenters. The van der Waals surface area contributed by atoms with Crippen molar-refractivity contribution in [2.45, 2.75) is 6.54 Å². The molecule has 0 radical (unpaired) electrons. The minimum Gasteiger partial charge on any atom is -0.497 e. The van der Waals surface area contributed by atoms with Crippen molar-refractivity contribution in [3.8, 4) is 5.75 Å². The Morgan fingerprint density at radius 2 is 2.08 bits per heavy atom. The first-order chi connectivity index (χ1) is 12.5. The van der Waals surface area contributed by atoms with E-state index in [1.54, 1.807) is 31.4 Å². The van der Waals surface area contributed by atoms with Crippen LogP contribution in [0.4, 0.5) is 0 Å². The molecule has 3 rings (SSSR count). The second-order valence-corrected chi connectivity index (χ2v) is 5.43. The molecule has 1 aromatic carbocycles. The van der Waals surface area contributed by atoms with Crippen molar-refractivity contribution in [2.75, 3.05) is 7.11 Å². The number of nitrogens with zero attached hydrogens (tertiary/aromatic N) is 4. The van der Waals surface area contributed by atoms with Crippen LogP contribution in [0.3, 0.4) is 0 Å². The number of fused-ring (bicyclic) bond motifs is 1. The number of carbonyl (C=O) groups is 1. The molecule has 0 aliphatic heterocycles. The van der Waals surface area contributed by atoms with E-state index in [2.05, 4.69) is 20.5 Å². The van der Waals surface area contributed by atoms with Crippen LogP contribution in [0.2, 0.25) is 0 Å². The van der Waals surface area contributed by atoms with Crippen molar-refractivity contribution in [3.63, 3.8) is 0 Å². The zero-order valence-electron chi connectivity index (χ0n) is 14.1. The highest BCUT2D eigenvalue weighted by Crippen LogP contribution is 2.09. The van der Waals surface area contributed by atoms with Gasteiger partial charge in [-0.25, -0.2) is 15.2 Å².